The fraction of sp³-hybridized carbons (Fsp3) is 0.192. The summed E-state index contributed by atoms with van der Waals surface area (Å²) in [5, 5.41) is 10.7. The standard InChI is InChI=1S/C26H22N4O2/c31-25(19-13-18(19)15-7-3-1-4-8-15)28-17-11-20-23-21(14-27-30-26(20)32)24(29-22(23)12-17)16-9-5-2-6-10-16/h1-12,14,18-19,21,24,29H,13H2,(H,28,31)(H,30,32)/t18-,19+,21?,24?/m0/s1. The maximum atomic E-state index is 12.9. The van der Waals surface area contributed by atoms with Crippen molar-refractivity contribution in [2.45, 2.75) is 24.3 Å². The lowest BCUT2D eigenvalue weighted by atomic mass is 9.88. The summed E-state index contributed by atoms with van der Waals surface area (Å²) in [6.45, 7) is 0. The zero-order chi connectivity index (χ0) is 21.7. The highest BCUT2D eigenvalue weighted by Crippen LogP contribution is 2.49. The van der Waals surface area contributed by atoms with Crippen LogP contribution in [0.15, 0.2) is 77.9 Å². The van der Waals surface area contributed by atoms with Crippen molar-refractivity contribution in [2.75, 3.05) is 10.6 Å². The van der Waals surface area contributed by atoms with Crippen molar-refractivity contribution in [1.82, 2.24) is 5.43 Å². The second-order valence-electron chi connectivity index (χ2n) is 8.61. The van der Waals surface area contributed by atoms with Crippen LogP contribution in [0.5, 0.6) is 0 Å². The number of anilines is 2. The number of hydrogen-bond donors (Lipinski definition) is 3. The lowest BCUT2D eigenvalue weighted by Gasteiger charge is -2.17. The predicted molar refractivity (Wildman–Crippen MR) is 124 cm³/mol. The van der Waals surface area contributed by atoms with E-state index >= 15 is 0 Å². The molecule has 6 rings (SSSR count). The van der Waals surface area contributed by atoms with Crippen LogP contribution in [0.3, 0.4) is 0 Å². The molecule has 3 aliphatic rings. The summed E-state index contributed by atoms with van der Waals surface area (Å²) in [7, 11) is 0. The maximum Gasteiger partial charge on any atom is 0.271 e. The normalized spacial score (nSPS) is 24.7. The first-order valence-corrected chi connectivity index (χ1v) is 10.9. The van der Waals surface area contributed by atoms with E-state index in [0.29, 0.717) is 11.3 Å². The number of nitrogens with one attached hydrogen (secondary N) is 3. The van der Waals surface area contributed by atoms with Crippen LogP contribution in [-0.2, 0) is 4.79 Å². The van der Waals surface area contributed by atoms with Crippen molar-refractivity contribution in [3.05, 3.63) is 95.1 Å². The van der Waals surface area contributed by atoms with Crippen LogP contribution in [0.4, 0.5) is 11.4 Å². The Labute approximate surface area is 185 Å². The van der Waals surface area contributed by atoms with E-state index in [1.807, 2.05) is 42.5 Å². The van der Waals surface area contributed by atoms with Crippen LogP contribution >= 0.6 is 0 Å². The zero-order valence-corrected chi connectivity index (χ0v) is 17.3. The third-order valence-electron chi connectivity index (χ3n) is 6.61. The van der Waals surface area contributed by atoms with Gasteiger partial charge in [0, 0.05) is 35.0 Å². The van der Waals surface area contributed by atoms with Gasteiger partial charge in [0.1, 0.15) is 0 Å². The molecule has 3 aromatic rings. The van der Waals surface area contributed by atoms with E-state index in [0.717, 1.165) is 23.2 Å². The SMILES string of the molecule is O=C1NN=CC2c3c(cc(NC(=O)[C@@H]4C[C@H]4c4ccccc4)cc31)NC2c1ccccc1. The number of benzene rings is 3. The molecule has 1 aliphatic carbocycles. The summed E-state index contributed by atoms with van der Waals surface area (Å²) in [6.07, 6.45) is 2.64. The number of rotatable bonds is 4. The van der Waals surface area contributed by atoms with Gasteiger partial charge in [-0.25, -0.2) is 5.43 Å². The van der Waals surface area contributed by atoms with E-state index < -0.39 is 0 Å². The summed E-state index contributed by atoms with van der Waals surface area (Å²) in [6, 6.07) is 23.9. The maximum absolute atomic E-state index is 12.9. The molecule has 6 heteroatoms. The van der Waals surface area contributed by atoms with Crippen LogP contribution in [0.1, 0.15) is 51.3 Å². The largest absolute Gasteiger partial charge is 0.377 e. The van der Waals surface area contributed by atoms with Crippen LogP contribution < -0.4 is 16.1 Å². The van der Waals surface area contributed by atoms with E-state index in [4.69, 9.17) is 0 Å². The molecule has 0 radical (unpaired) electrons. The average molecular weight is 422 g/mol. The first kappa shape index (κ1) is 18.8. The highest BCUT2D eigenvalue weighted by Gasteiger charge is 2.44. The number of carbonyl (C=O) groups is 2. The molecule has 0 aromatic heterocycles. The fourth-order valence-electron chi connectivity index (χ4n) is 4.95. The van der Waals surface area contributed by atoms with Crippen LogP contribution in [-0.4, -0.2) is 18.0 Å². The summed E-state index contributed by atoms with van der Waals surface area (Å²) >= 11 is 0. The Kier molecular flexibility index (Phi) is 4.31. The average Bonchev–Trinajstić information content (AvgIpc) is 3.57. The first-order valence-electron chi connectivity index (χ1n) is 10.9. The number of hydrazone groups is 1. The van der Waals surface area contributed by atoms with Crippen molar-refractivity contribution in [3.8, 4) is 0 Å². The Morgan fingerprint density at radius 3 is 2.44 bits per heavy atom. The van der Waals surface area contributed by atoms with Gasteiger partial charge < -0.3 is 10.6 Å². The van der Waals surface area contributed by atoms with Crippen LogP contribution in [0.25, 0.3) is 0 Å². The Morgan fingerprint density at radius 2 is 1.69 bits per heavy atom. The minimum Gasteiger partial charge on any atom is -0.377 e. The number of hydrogen-bond acceptors (Lipinski definition) is 4. The number of amides is 2. The van der Waals surface area contributed by atoms with Crippen molar-refractivity contribution in [1.29, 1.82) is 0 Å². The molecule has 1 fully saturated rings. The minimum atomic E-state index is -0.264. The van der Waals surface area contributed by atoms with Gasteiger partial charge >= 0.3 is 0 Å². The molecular formula is C26H22N4O2. The van der Waals surface area contributed by atoms with Crippen molar-refractivity contribution in [3.63, 3.8) is 0 Å². The summed E-state index contributed by atoms with van der Waals surface area (Å²) in [4.78, 5) is 25.6. The minimum absolute atomic E-state index is 0.00885. The monoisotopic (exact) mass is 422 g/mol. The molecule has 32 heavy (non-hydrogen) atoms. The van der Waals surface area contributed by atoms with Crippen LogP contribution in [0.2, 0.25) is 0 Å². The molecule has 0 saturated heterocycles. The molecule has 6 nitrogen and oxygen atoms in total. The topological polar surface area (TPSA) is 82.6 Å². The van der Waals surface area contributed by atoms with E-state index in [2.05, 4.69) is 45.4 Å². The molecule has 2 amide bonds. The molecular weight excluding hydrogens is 400 g/mol. The van der Waals surface area contributed by atoms with Gasteiger partial charge in [-0.05, 0) is 41.2 Å². The fourth-order valence-corrected chi connectivity index (χ4v) is 4.95. The molecule has 2 heterocycles. The molecule has 0 bridgehead atoms. The zero-order valence-electron chi connectivity index (χ0n) is 17.3. The van der Waals surface area contributed by atoms with E-state index in [1.54, 1.807) is 12.3 Å². The molecule has 4 atom stereocenters. The molecule has 2 unspecified atom stereocenters. The number of nitrogens with zero attached hydrogens (tertiary/aromatic N) is 1. The Bertz CT molecular complexity index is 1240. The van der Waals surface area contributed by atoms with Gasteiger partial charge in [0.15, 0.2) is 0 Å². The molecule has 3 aromatic carbocycles. The van der Waals surface area contributed by atoms with E-state index in [-0.39, 0.29) is 35.6 Å². The second-order valence-corrected chi connectivity index (χ2v) is 8.61. The smallest absolute Gasteiger partial charge is 0.271 e. The molecule has 3 N–H and O–H groups in total. The second kappa shape index (κ2) is 7.34. The third-order valence-corrected chi connectivity index (χ3v) is 6.61. The van der Waals surface area contributed by atoms with E-state index in [9.17, 15) is 9.59 Å². The van der Waals surface area contributed by atoms with Gasteiger partial charge in [0.25, 0.3) is 5.91 Å². The van der Waals surface area contributed by atoms with Gasteiger partial charge in [-0.1, -0.05) is 60.7 Å². The Balaban J connectivity index is 1.29. The Hall–Kier alpha value is -3.93. The third kappa shape index (κ3) is 3.15. The van der Waals surface area contributed by atoms with Crippen molar-refractivity contribution in [2.24, 2.45) is 11.0 Å². The van der Waals surface area contributed by atoms with Gasteiger partial charge in [-0.3, -0.25) is 9.59 Å². The van der Waals surface area contributed by atoms with Crippen molar-refractivity contribution >= 4 is 29.4 Å². The van der Waals surface area contributed by atoms with Gasteiger partial charge in [-0.15, -0.1) is 0 Å². The predicted octanol–water partition coefficient (Wildman–Crippen LogP) is 4.41. The van der Waals surface area contributed by atoms with Gasteiger partial charge in [-0.2, -0.15) is 5.10 Å². The molecule has 0 spiro atoms. The summed E-state index contributed by atoms with van der Waals surface area (Å²) < 4.78 is 0. The lowest BCUT2D eigenvalue weighted by molar-refractivity contribution is -0.117. The highest BCUT2D eigenvalue weighted by atomic mass is 16.2. The van der Waals surface area contributed by atoms with E-state index in [1.165, 1.54) is 5.56 Å². The molecule has 2 aliphatic heterocycles. The molecule has 158 valence electrons. The van der Waals surface area contributed by atoms with Gasteiger partial charge in [0.2, 0.25) is 5.91 Å². The van der Waals surface area contributed by atoms with Crippen molar-refractivity contribution < 1.29 is 9.59 Å². The summed E-state index contributed by atoms with van der Waals surface area (Å²) in [5.74, 6) is -0.129. The summed E-state index contributed by atoms with van der Waals surface area (Å²) in [5.41, 5.74) is 7.86. The quantitative estimate of drug-likeness (QED) is 0.583. The van der Waals surface area contributed by atoms with Crippen LogP contribution in [0, 0.1) is 5.92 Å². The Morgan fingerprint density at radius 1 is 0.969 bits per heavy atom. The molecule has 1 saturated carbocycles. The van der Waals surface area contributed by atoms with Gasteiger partial charge in [0.05, 0.1) is 6.04 Å². The highest BCUT2D eigenvalue weighted by molar-refractivity contribution is 6.04. The number of carbonyl (C=O) groups excluding carboxylic acids is 2. The first-order chi connectivity index (χ1) is 15.7. The lowest BCUT2D eigenvalue weighted by Crippen LogP contribution is -2.19.